The van der Waals surface area contributed by atoms with E-state index in [2.05, 4.69) is 18.0 Å². The normalized spacial score (nSPS) is 10.6. The molecule has 2 aromatic carbocycles. The van der Waals surface area contributed by atoms with Crippen LogP contribution >= 0.6 is 0 Å². The second kappa shape index (κ2) is 10.0. The standard InChI is InChI=1S/C21H22N2O2/c1-2-3-4-5-6-21(24)25-20-13-9-18(10-14-20)16-23-19-11-7-17(15-22)8-12-19/h7-14,16H,2-6H2,1H3. The monoisotopic (exact) mass is 334 g/mol. The molecule has 2 rings (SSSR count). The zero-order valence-electron chi connectivity index (χ0n) is 14.4. The number of carbonyl (C=O) groups is 1. The quantitative estimate of drug-likeness (QED) is 0.289. The van der Waals surface area contributed by atoms with Crippen molar-refractivity contribution < 1.29 is 9.53 Å². The van der Waals surface area contributed by atoms with Gasteiger partial charge in [-0.1, -0.05) is 26.2 Å². The highest BCUT2D eigenvalue weighted by Crippen LogP contribution is 2.15. The molecule has 0 aliphatic rings. The van der Waals surface area contributed by atoms with E-state index in [9.17, 15) is 4.79 Å². The molecule has 0 aliphatic carbocycles. The molecule has 0 bridgehead atoms. The summed E-state index contributed by atoms with van der Waals surface area (Å²) in [6.45, 7) is 2.14. The number of nitriles is 1. The second-order valence-electron chi connectivity index (χ2n) is 5.77. The maximum Gasteiger partial charge on any atom is 0.311 e. The minimum Gasteiger partial charge on any atom is -0.427 e. The Morgan fingerprint density at radius 3 is 2.44 bits per heavy atom. The lowest BCUT2D eigenvalue weighted by Crippen LogP contribution is -2.07. The molecular weight excluding hydrogens is 312 g/mol. The summed E-state index contributed by atoms with van der Waals surface area (Å²) in [5.41, 5.74) is 2.30. The lowest BCUT2D eigenvalue weighted by Gasteiger charge is -2.04. The van der Waals surface area contributed by atoms with Gasteiger partial charge < -0.3 is 4.74 Å². The van der Waals surface area contributed by atoms with Crippen molar-refractivity contribution in [1.82, 2.24) is 0 Å². The molecule has 0 aliphatic heterocycles. The Balaban J connectivity index is 1.85. The van der Waals surface area contributed by atoms with E-state index in [0.29, 0.717) is 17.7 Å². The van der Waals surface area contributed by atoms with Crippen molar-refractivity contribution in [3.63, 3.8) is 0 Å². The number of rotatable bonds is 8. The molecule has 0 saturated heterocycles. The average molecular weight is 334 g/mol. The average Bonchev–Trinajstić information content (AvgIpc) is 2.65. The van der Waals surface area contributed by atoms with E-state index >= 15 is 0 Å². The first-order chi connectivity index (χ1) is 12.2. The predicted molar refractivity (Wildman–Crippen MR) is 99.2 cm³/mol. The van der Waals surface area contributed by atoms with Crippen molar-refractivity contribution in [2.75, 3.05) is 0 Å². The third-order valence-corrected chi connectivity index (χ3v) is 3.71. The molecule has 25 heavy (non-hydrogen) atoms. The van der Waals surface area contributed by atoms with Gasteiger partial charge in [0.15, 0.2) is 0 Å². The molecule has 4 nitrogen and oxygen atoms in total. The Hall–Kier alpha value is -2.93. The number of unbranched alkanes of at least 4 members (excludes halogenated alkanes) is 3. The fourth-order valence-electron chi connectivity index (χ4n) is 2.27. The Morgan fingerprint density at radius 1 is 1.08 bits per heavy atom. The van der Waals surface area contributed by atoms with Crippen LogP contribution in [0.15, 0.2) is 53.5 Å². The summed E-state index contributed by atoms with van der Waals surface area (Å²) in [5, 5.41) is 8.77. The van der Waals surface area contributed by atoms with Gasteiger partial charge in [0.25, 0.3) is 0 Å². The Bertz CT molecular complexity index is 741. The van der Waals surface area contributed by atoms with Gasteiger partial charge in [-0.3, -0.25) is 9.79 Å². The fourth-order valence-corrected chi connectivity index (χ4v) is 2.27. The van der Waals surface area contributed by atoms with E-state index in [1.807, 2.05) is 12.1 Å². The summed E-state index contributed by atoms with van der Waals surface area (Å²) in [4.78, 5) is 16.1. The van der Waals surface area contributed by atoms with Crippen LogP contribution in [0.25, 0.3) is 0 Å². The maximum atomic E-state index is 11.8. The smallest absolute Gasteiger partial charge is 0.311 e. The van der Waals surface area contributed by atoms with Gasteiger partial charge in [-0.05, 0) is 60.5 Å². The van der Waals surface area contributed by atoms with Gasteiger partial charge >= 0.3 is 5.97 Å². The lowest BCUT2D eigenvalue weighted by atomic mass is 10.1. The number of aliphatic imine (C=N–C) groups is 1. The van der Waals surface area contributed by atoms with Crippen molar-refractivity contribution in [3.05, 3.63) is 59.7 Å². The molecule has 0 spiro atoms. The van der Waals surface area contributed by atoms with Crippen LogP contribution in [0.1, 0.15) is 50.2 Å². The highest BCUT2D eigenvalue weighted by atomic mass is 16.5. The third-order valence-electron chi connectivity index (χ3n) is 3.71. The number of nitrogens with zero attached hydrogens (tertiary/aromatic N) is 2. The SMILES string of the molecule is CCCCCCC(=O)Oc1ccc(C=Nc2ccc(C#N)cc2)cc1. The molecule has 0 radical (unpaired) electrons. The summed E-state index contributed by atoms with van der Waals surface area (Å²) in [6, 6.07) is 16.4. The molecule has 2 aromatic rings. The van der Waals surface area contributed by atoms with Gasteiger partial charge in [0.2, 0.25) is 0 Å². The Morgan fingerprint density at radius 2 is 1.80 bits per heavy atom. The highest BCUT2D eigenvalue weighted by Gasteiger charge is 2.04. The van der Waals surface area contributed by atoms with Crippen LogP contribution in [0.2, 0.25) is 0 Å². The van der Waals surface area contributed by atoms with Crippen LogP contribution in [0.5, 0.6) is 5.75 Å². The summed E-state index contributed by atoms with van der Waals surface area (Å²) in [5.74, 6) is 0.367. The molecule has 0 N–H and O–H groups in total. The second-order valence-corrected chi connectivity index (χ2v) is 5.77. The van der Waals surface area contributed by atoms with Crippen LogP contribution in [0.4, 0.5) is 5.69 Å². The van der Waals surface area contributed by atoms with Gasteiger partial charge in [0, 0.05) is 12.6 Å². The summed E-state index contributed by atoms with van der Waals surface area (Å²) < 4.78 is 5.32. The predicted octanol–water partition coefficient (Wildman–Crippen LogP) is 5.18. The summed E-state index contributed by atoms with van der Waals surface area (Å²) in [7, 11) is 0. The van der Waals surface area contributed by atoms with Gasteiger partial charge in [0.05, 0.1) is 17.3 Å². The van der Waals surface area contributed by atoms with Crippen molar-refractivity contribution in [2.45, 2.75) is 39.0 Å². The van der Waals surface area contributed by atoms with Gasteiger partial charge in [-0.15, -0.1) is 0 Å². The van der Waals surface area contributed by atoms with Gasteiger partial charge in [-0.25, -0.2) is 0 Å². The van der Waals surface area contributed by atoms with E-state index in [4.69, 9.17) is 10.00 Å². The largest absolute Gasteiger partial charge is 0.427 e. The van der Waals surface area contributed by atoms with Crippen LogP contribution in [0.3, 0.4) is 0 Å². The summed E-state index contributed by atoms with van der Waals surface area (Å²) in [6.07, 6.45) is 6.44. The number of benzene rings is 2. The van der Waals surface area contributed by atoms with E-state index in [-0.39, 0.29) is 5.97 Å². The van der Waals surface area contributed by atoms with Crippen LogP contribution in [0, 0.1) is 11.3 Å². The number of carbonyl (C=O) groups excluding carboxylic acids is 1. The number of esters is 1. The minimum atomic E-state index is -0.185. The number of hydrogen-bond acceptors (Lipinski definition) is 4. The molecule has 0 saturated carbocycles. The van der Waals surface area contributed by atoms with E-state index in [0.717, 1.165) is 36.9 Å². The van der Waals surface area contributed by atoms with Crippen molar-refractivity contribution in [2.24, 2.45) is 4.99 Å². The molecule has 0 unspecified atom stereocenters. The lowest BCUT2D eigenvalue weighted by molar-refractivity contribution is -0.134. The molecule has 0 heterocycles. The van der Waals surface area contributed by atoms with Gasteiger partial charge in [0.1, 0.15) is 5.75 Å². The molecule has 0 amide bonds. The first kappa shape index (κ1) is 18.4. The zero-order valence-corrected chi connectivity index (χ0v) is 14.4. The van der Waals surface area contributed by atoms with Crippen molar-refractivity contribution in [3.8, 4) is 11.8 Å². The van der Waals surface area contributed by atoms with Crippen LogP contribution in [-0.2, 0) is 4.79 Å². The highest BCUT2D eigenvalue weighted by molar-refractivity contribution is 5.82. The Kier molecular flexibility index (Phi) is 7.40. The molecular formula is C21H22N2O2. The van der Waals surface area contributed by atoms with E-state index in [1.165, 1.54) is 0 Å². The maximum absolute atomic E-state index is 11.8. The zero-order chi connectivity index (χ0) is 17.9. The third kappa shape index (κ3) is 6.60. The van der Waals surface area contributed by atoms with E-state index in [1.54, 1.807) is 42.6 Å². The molecule has 4 heteroatoms. The number of ether oxygens (including phenoxy) is 1. The topological polar surface area (TPSA) is 62.4 Å². The molecule has 0 aromatic heterocycles. The molecule has 128 valence electrons. The van der Waals surface area contributed by atoms with E-state index < -0.39 is 0 Å². The number of hydrogen-bond donors (Lipinski definition) is 0. The first-order valence-corrected chi connectivity index (χ1v) is 8.56. The fraction of sp³-hybridized carbons (Fsp3) is 0.286. The minimum absolute atomic E-state index is 0.185. The summed E-state index contributed by atoms with van der Waals surface area (Å²) >= 11 is 0. The van der Waals surface area contributed by atoms with Crippen molar-refractivity contribution in [1.29, 1.82) is 5.26 Å². The first-order valence-electron chi connectivity index (χ1n) is 8.56. The Labute approximate surface area is 148 Å². The van der Waals surface area contributed by atoms with Gasteiger partial charge in [-0.2, -0.15) is 5.26 Å². The molecule has 0 atom stereocenters. The molecule has 0 fully saturated rings. The van der Waals surface area contributed by atoms with Crippen LogP contribution < -0.4 is 4.74 Å². The van der Waals surface area contributed by atoms with Crippen LogP contribution in [-0.4, -0.2) is 12.2 Å². The van der Waals surface area contributed by atoms with Crippen molar-refractivity contribution >= 4 is 17.9 Å².